The molecule has 12 rings (SSSR count). The topological polar surface area (TPSA) is 369 Å². The Labute approximate surface area is 758 Å². The van der Waals surface area contributed by atoms with Gasteiger partial charge in [-0.15, -0.1) is 68.0 Å². The summed E-state index contributed by atoms with van der Waals surface area (Å²) < 4.78 is 101. The number of carbonyl (C=O) groups is 6. The van der Waals surface area contributed by atoms with Crippen LogP contribution in [0.25, 0.3) is 29.7 Å². The first kappa shape index (κ1) is 98.3. The van der Waals surface area contributed by atoms with Crippen molar-refractivity contribution >= 4 is 134 Å². The minimum Gasteiger partial charge on any atom is -0.748 e. The van der Waals surface area contributed by atoms with E-state index in [1.165, 1.54) is 69.5 Å². The van der Waals surface area contributed by atoms with Gasteiger partial charge in [0, 0.05) is 98.5 Å². The summed E-state index contributed by atoms with van der Waals surface area (Å²) in [4.78, 5) is 106. The van der Waals surface area contributed by atoms with Crippen molar-refractivity contribution in [3.63, 3.8) is 0 Å². The van der Waals surface area contributed by atoms with Gasteiger partial charge in [0.05, 0.1) is 97.5 Å². The number of hydrogen-bond donors (Lipinski definition) is 1. The minimum absolute atomic E-state index is 0. The zero-order valence-corrected chi connectivity index (χ0v) is 78.5. The minimum atomic E-state index is -4.39. The summed E-state index contributed by atoms with van der Waals surface area (Å²) in [5, 5.41) is 14.4. The fourth-order valence-electron chi connectivity index (χ4n) is 13.3. The number of carbonyl (C=O) groups excluding carboxylic acids is 6. The molecule has 12 aromatic rings. The van der Waals surface area contributed by atoms with Gasteiger partial charge in [-0.3, -0.25) is 28.8 Å². The normalized spacial score (nSPS) is 12.8. The number of quaternary nitrogens is 1. The predicted octanol–water partition coefficient (Wildman–Crippen LogP) is 11.6. The molecule has 0 spiro atoms. The zero-order chi connectivity index (χ0) is 86.6. The second-order valence-electron chi connectivity index (χ2n) is 28.7. The third kappa shape index (κ3) is 28.7. The molecule has 0 unspecified atom stereocenters. The molecular formula is C87H94N10NaO15S9-. The molecule has 6 aromatic heterocycles. The molecule has 0 saturated carbocycles. The summed E-state index contributed by atoms with van der Waals surface area (Å²) in [5.41, 5.74) is 8.74. The first-order chi connectivity index (χ1) is 57.0. The first-order valence-corrected chi connectivity index (χ1v) is 47.7. The molecule has 6 amide bonds. The predicted molar refractivity (Wildman–Crippen MR) is 477 cm³/mol. The van der Waals surface area contributed by atoms with Crippen LogP contribution in [0.1, 0.15) is 106 Å². The van der Waals surface area contributed by atoms with Crippen LogP contribution >= 0.6 is 68.0 Å². The van der Waals surface area contributed by atoms with Crippen LogP contribution in [0.15, 0.2) is 232 Å². The molecule has 6 atom stereocenters. The fourth-order valence-corrected chi connectivity index (χ4v) is 20.1. The number of rotatable bonds is 33. The fraction of sp³-hybridized carbons (Fsp3) is 0.276. The summed E-state index contributed by atoms with van der Waals surface area (Å²) in [5.74, 6) is -3.02. The van der Waals surface area contributed by atoms with Gasteiger partial charge in [-0.25, -0.2) is 40.2 Å². The first-order valence-electron chi connectivity index (χ1n) is 37.7. The van der Waals surface area contributed by atoms with E-state index >= 15 is 0 Å². The van der Waals surface area contributed by atoms with Crippen molar-refractivity contribution in [1.82, 2.24) is 50.5 Å². The molecule has 0 saturated heterocycles. The molecule has 0 aliphatic rings. The number of nitrogens with zero attached hydrogens (tertiary/aromatic N) is 9. The third-order valence-electron chi connectivity index (χ3n) is 20.2. The van der Waals surface area contributed by atoms with Gasteiger partial charge in [-0.05, 0) is 104 Å². The van der Waals surface area contributed by atoms with Crippen LogP contribution in [0.3, 0.4) is 0 Å². The van der Waals surface area contributed by atoms with Gasteiger partial charge in [-0.1, -0.05) is 182 Å². The Kier molecular flexibility index (Phi) is 36.6. The molecule has 4 N–H and O–H groups in total. The van der Waals surface area contributed by atoms with E-state index in [1.54, 1.807) is 164 Å². The van der Waals surface area contributed by atoms with E-state index in [0.29, 0.717) is 55.2 Å². The van der Waals surface area contributed by atoms with Gasteiger partial charge in [-0.2, -0.15) is 0 Å². The largest absolute Gasteiger partial charge is 1.00 e. The monoisotopic (exact) mass is 1830 g/mol. The van der Waals surface area contributed by atoms with Crippen molar-refractivity contribution in [1.29, 1.82) is 0 Å². The van der Waals surface area contributed by atoms with E-state index in [4.69, 9.17) is 15.0 Å². The Morgan fingerprint density at radius 2 is 0.516 bits per heavy atom. The molecule has 6 heterocycles. The molecule has 6 aromatic carbocycles. The third-order valence-corrected chi connectivity index (χ3v) is 27.9. The maximum atomic E-state index is 14.1. The standard InChI is InChI=1S/3C29H31N3O5S3.H3N.Na/c3*1-20(33)31(2)26(17-21-8-5-4-6-9-21)29(34)32(3)25(24-18-39-28(30-24)27-10-7-15-38-27)16-22-11-13-23(14-12-22)19-40(35,36)37;;/h3*4-15,18,25-26H,16-17,19H2,1-3H3,(H,35,36,37);1H3;/q;;;;+1/p-2/t3*25-,26-;;/m000../s1. The van der Waals surface area contributed by atoms with Gasteiger partial charge in [0.1, 0.15) is 33.1 Å². The average Bonchev–Trinajstić information content (AvgIpc) is 1.60. The Morgan fingerprint density at radius 3 is 0.713 bits per heavy atom. The van der Waals surface area contributed by atoms with Gasteiger partial charge < -0.3 is 49.2 Å². The molecule has 0 fully saturated rings. The quantitative estimate of drug-likeness (QED) is 0.0295. The molecule has 35 heteroatoms. The van der Waals surface area contributed by atoms with E-state index in [-0.39, 0.29) is 71.2 Å². The summed E-state index contributed by atoms with van der Waals surface area (Å²) in [6.45, 7) is 4.33. The van der Waals surface area contributed by atoms with Crippen LogP contribution in [-0.2, 0) is 115 Å². The molecule has 0 bridgehead atoms. The maximum Gasteiger partial charge on any atom is 1.00 e. The molecule has 0 radical (unpaired) electrons. The van der Waals surface area contributed by atoms with E-state index < -0.39 is 83.9 Å². The molecule has 0 aliphatic carbocycles. The Hall–Kier alpha value is -9.18. The van der Waals surface area contributed by atoms with Gasteiger partial charge in [0.25, 0.3) is 0 Å². The van der Waals surface area contributed by atoms with Gasteiger partial charge >= 0.3 is 29.6 Å². The molecular weight excluding hydrogens is 1740 g/mol. The van der Waals surface area contributed by atoms with Crippen LogP contribution in [0.2, 0.25) is 0 Å². The van der Waals surface area contributed by atoms with Crippen molar-refractivity contribution in [3.8, 4) is 29.7 Å². The Morgan fingerprint density at radius 1 is 0.303 bits per heavy atom. The van der Waals surface area contributed by atoms with Crippen molar-refractivity contribution in [2.75, 3.05) is 42.3 Å². The summed E-state index contributed by atoms with van der Waals surface area (Å²) in [7, 11) is -3.10. The van der Waals surface area contributed by atoms with Crippen molar-refractivity contribution in [3.05, 3.63) is 300 Å². The summed E-state index contributed by atoms with van der Waals surface area (Å²) in [6, 6.07) is 57.4. The second-order valence-corrected chi connectivity index (χ2v) is 38.4. The Balaban J connectivity index is 0.000000225. The number of benzene rings is 6. The second kappa shape index (κ2) is 45.5. The number of hydrogen-bond acceptors (Lipinski definition) is 24. The smallest absolute Gasteiger partial charge is 0.748 e. The van der Waals surface area contributed by atoms with Crippen molar-refractivity contribution in [2.24, 2.45) is 0 Å². The number of thiophene rings is 3. The zero-order valence-electron chi connectivity index (χ0n) is 69.2. The molecule has 25 nitrogen and oxygen atoms in total. The number of thiazole rings is 3. The van der Waals surface area contributed by atoms with Gasteiger partial charge in [0.15, 0.2) is 0 Å². The molecule has 122 heavy (non-hydrogen) atoms. The van der Waals surface area contributed by atoms with E-state index in [0.717, 1.165) is 80.1 Å². The van der Waals surface area contributed by atoms with Gasteiger partial charge in [0.2, 0.25) is 35.4 Å². The van der Waals surface area contributed by atoms with Crippen LogP contribution < -0.4 is 35.7 Å². The van der Waals surface area contributed by atoms with E-state index in [9.17, 15) is 67.7 Å². The van der Waals surface area contributed by atoms with E-state index in [2.05, 4.69) is 0 Å². The summed E-state index contributed by atoms with van der Waals surface area (Å²) in [6.07, 6.45) is 2.31. The average molecular weight is 1830 g/mol. The summed E-state index contributed by atoms with van der Waals surface area (Å²) >= 11 is 9.27. The number of aromatic nitrogens is 3. The molecule has 638 valence electrons. The molecule has 0 aliphatic heterocycles. The van der Waals surface area contributed by atoms with Crippen molar-refractivity contribution < 1.29 is 97.2 Å². The Bertz CT molecular complexity index is 5180. The maximum absolute atomic E-state index is 14.1. The van der Waals surface area contributed by atoms with Crippen LogP contribution in [-0.4, -0.2) is 179 Å². The van der Waals surface area contributed by atoms with E-state index in [1.807, 2.05) is 160 Å². The number of amides is 6. The number of likely N-dealkylation sites (N-methyl/N-ethyl adjacent to an activating group) is 6. The van der Waals surface area contributed by atoms with Crippen LogP contribution in [0, 0.1) is 0 Å². The SMILES string of the molecule is CC(=O)N(C)[C@@H](Cc1ccccc1)C(=O)N(C)[C@@H](Cc1ccc(CS(=O)(=O)[O-])cc1)c1csc(-c2cccs2)n1.CC(=O)N(C)[C@@H](Cc1ccccc1)C(=O)N(C)[C@@H](Cc1ccc(CS(=O)(=O)[O-])cc1)c1csc(-c2cccs2)n1.CC(=O)N(C)[C@@H](Cc1ccccc1)C(=O)N(C)[C@@H](Cc1ccc(CS(=O)(=O)[O-])cc1)c1csc(-c2cccs2)n1.[NH4+].[Na+]. The van der Waals surface area contributed by atoms with Crippen LogP contribution in [0.5, 0.6) is 0 Å². The van der Waals surface area contributed by atoms with Crippen LogP contribution in [0.4, 0.5) is 0 Å². The van der Waals surface area contributed by atoms with Crippen molar-refractivity contribution in [2.45, 2.75) is 113 Å².